The fraction of sp³-hybridized carbons (Fsp3) is 0.100. The van der Waals surface area contributed by atoms with Crippen molar-refractivity contribution in [1.29, 1.82) is 5.41 Å². The van der Waals surface area contributed by atoms with Crippen LogP contribution in [0.15, 0.2) is 48.8 Å². The number of methoxy groups -OCH3 is 2. The van der Waals surface area contributed by atoms with Gasteiger partial charge in [-0.3, -0.25) is 5.41 Å². The zero-order chi connectivity index (χ0) is 22.4. The highest BCUT2D eigenvalue weighted by molar-refractivity contribution is 6.34. The number of halogens is 1. The lowest BCUT2D eigenvalue weighted by Gasteiger charge is -2.14. The molecule has 0 atom stereocenters. The van der Waals surface area contributed by atoms with Gasteiger partial charge in [-0.2, -0.15) is 0 Å². The molecule has 0 fully saturated rings. The molecule has 10 nitrogen and oxygen atoms in total. The van der Waals surface area contributed by atoms with Crippen molar-refractivity contribution in [3.63, 3.8) is 0 Å². The van der Waals surface area contributed by atoms with Crippen LogP contribution in [0.4, 0.5) is 22.0 Å². The Balaban J connectivity index is 1.75. The van der Waals surface area contributed by atoms with Crippen molar-refractivity contribution in [3.05, 3.63) is 59.4 Å². The van der Waals surface area contributed by atoms with Gasteiger partial charge < -0.3 is 30.6 Å². The molecule has 31 heavy (non-hydrogen) atoms. The zero-order valence-corrected chi connectivity index (χ0v) is 17.4. The number of amides is 2. The summed E-state index contributed by atoms with van der Waals surface area (Å²) >= 11 is 6.29. The standard InChI is InChI=1S/C20H19ClN6O4/c1-29-15-6-4-3-5-14(15)27-20(28)26-13-8-7-11(9-12(13)21)31-19-16(18(23)30-2)17(22)24-10-25-19/h3-10,23H,1-2H3,(H2,22,24,25)(H2,26,27,28). The van der Waals surface area contributed by atoms with E-state index in [0.717, 1.165) is 0 Å². The normalized spacial score (nSPS) is 10.2. The van der Waals surface area contributed by atoms with Crippen LogP contribution >= 0.6 is 11.6 Å². The van der Waals surface area contributed by atoms with Crippen LogP contribution in [0.2, 0.25) is 5.02 Å². The molecule has 0 spiro atoms. The number of hydrogen-bond acceptors (Lipinski definition) is 8. The average molecular weight is 443 g/mol. The number of nitrogens with two attached hydrogens (primary N) is 1. The highest BCUT2D eigenvalue weighted by Gasteiger charge is 2.18. The third kappa shape index (κ3) is 5.11. The number of para-hydroxylation sites is 2. The largest absolute Gasteiger partial charge is 0.495 e. The van der Waals surface area contributed by atoms with Gasteiger partial charge in [0.05, 0.1) is 30.6 Å². The molecule has 160 valence electrons. The quantitative estimate of drug-likeness (QED) is 0.331. The highest BCUT2D eigenvalue weighted by Crippen LogP contribution is 2.32. The first-order valence-electron chi connectivity index (χ1n) is 8.84. The van der Waals surface area contributed by atoms with Crippen molar-refractivity contribution in [3.8, 4) is 17.4 Å². The lowest BCUT2D eigenvalue weighted by molar-refractivity contribution is 0.262. The second-order valence-electron chi connectivity index (χ2n) is 6.00. The number of nitrogen functional groups attached to an aromatic ring is 1. The first-order valence-corrected chi connectivity index (χ1v) is 9.22. The van der Waals surface area contributed by atoms with Gasteiger partial charge in [0.15, 0.2) is 0 Å². The van der Waals surface area contributed by atoms with Crippen molar-refractivity contribution < 1.29 is 19.0 Å². The summed E-state index contributed by atoms with van der Waals surface area (Å²) in [7, 11) is 2.84. The van der Waals surface area contributed by atoms with Gasteiger partial charge in [-0.25, -0.2) is 14.8 Å². The highest BCUT2D eigenvalue weighted by atomic mass is 35.5. The molecule has 2 amide bonds. The monoisotopic (exact) mass is 442 g/mol. The van der Waals surface area contributed by atoms with Crippen LogP contribution in [0.3, 0.4) is 0 Å². The number of aromatic nitrogens is 2. The summed E-state index contributed by atoms with van der Waals surface area (Å²) in [5.74, 6) is 0.655. The van der Waals surface area contributed by atoms with Gasteiger partial charge in [-0.1, -0.05) is 23.7 Å². The minimum Gasteiger partial charge on any atom is -0.495 e. The number of rotatable bonds is 6. The van der Waals surface area contributed by atoms with Crippen molar-refractivity contribution in [1.82, 2.24) is 9.97 Å². The molecule has 0 saturated carbocycles. The van der Waals surface area contributed by atoms with E-state index in [1.807, 2.05) is 0 Å². The third-order valence-electron chi connectivity index (χ3n) is 4.03. The van der Waals surface area contributed by atoms with Gasteiger partial charge in [0.2, 0.25) is 11.8 Å². The van der Waals surface area contributed by atoms with Crippen LogP contribution in [0.5, 0.6) is 17.4 Å². The molecule has 1 heterocycles. The molecule has 0 saturated heterocycles. The van der Waals surface area contributed by atoms with Crippen LogP contribution < -0.4 is 25.8 Å². The first-order chi connectivity index (χ1) is 14.9. The lowest BCUT2D eigenvalue weighted by atomic mass is 10.2. The summed E-state index contributed by atoms with van der Waals surface area (Å²) < 4.78 is 15.8. The van der Waals surface area contributed by atoms with Gasteiger partial charge >= 0.3 is 6.03 Å². The van der Waals surface area contributed by atoms with Gasteiger partial charge in [0.1, 0.15) is 29.2 Å². The maximum Gasteiger partial charge on any atom is 0.323 e. The first kappa shape index (κ1) is 21.7. The topological polar surface area (TPSA) is 144 Å². The van der Waals surface area contributed by atoms with E-state index >= 15 is 0 Å². The summed E-state index contributed by atoms with van der Waals surface area (Å²) in [6, 6.07) is 11.1. The molecule has 0 bridgehead atoms. The Labute approximate surface area is 182 Å². The number of benzene rings is 2. The van der Waals surface area contributed by atoms with Crippen LogP contribution in [0, 0.1) is 5.41 Å². The van der Waals surface area contributed by atoms with Crippen LogP contribution in [0.25, 0.3) is 0 Å². The van der Waals surface area contributed by atoms with Crippen LogP contribution in [-0.2, 0) is 4.74 Å². The third-order valence-corrected chi connectivity index (χ3v) is 4.34. The van der Waals surface area contributed by atoms with Gasteiger partial charge in [0, 0.05) is 6.07 Å². The minimum absolute atomic E-state index is 0.0324. The maximum absolute atomic E-state index is 12.3. The molecule has 0 unspecified atom stereocenters. The van der Waals surface area contributed by atoms with Crippen molar-refractivity contribution in [2.75, 3.05) is 30.6 Å². The molecule has 0 aliphatic carbocycles. The molecule has 0 aliphatic rings. The summed E-state index contributed by atoms with van der Waals surface area (Å²) in [6.07, 6.45) is 1.21. The molecular weight excluding hydrogens is 424 g/mol. The summed E-state index contributed by atoms with van der Waals surface area (Å²) in [6.45, 7) is 0. The van der Waals surface area contributed by atoms with E-state index in [0.29, 0.717) is 22.9 Å². The second-order valence-corrected chi connectivity index (χ2v) is 6.40. The Morgan fingerprint density at radius 2 is 1.84 bits per heavy atom. The number of hydrogen-bond donors (Lipinski definition) is 4. The van der Waals surface area contributed by atoms with E-state index < -0.39 is 6.03 Å². The molecule has 5 N–H and O–H groups in total. The van der Waals surface area contributed by atoms with Gasteiger partial charge in [-0.05, 0) is 24.3 Å². The smallest absolute Gasteiger partial charge is 0.323 e. The fourth-order valence-corrected chi connectivity index (χ4v) is 2.79. The van der Waals surface area contributed by atoms with E-state index in [1.54, 1.807) is 36.4 Å². The van der Waals surface area contributed by atoms with Gasteiger partial charge in [0.25, 0.3) is 0 Å². The van der Waals surface area contributed by atoms with E-state index in [4.69, 9.17) is 37.0 Å². The summed E-state index contributed by atoms with van der Waals surface area (Å²) in [5.41, 5.74) is 6.78. The van der Waals surface area contributed by atoms with Gasteiger partial charge in [-0.15, -0.1) is 0 Å². The molecule has 11 heteroatoms. The van der Waals surface area contributed by atoms with E-state index in [-0.39, 0.29) is 28.2 Å². The fourth-order valence-electron chi connectivity index (χ4n) is 2.57. The second kappa shape index (κ2) is 9.63. The number of ether oxygens (including phenoxy) is 3. The van der Waals surface area contributed by atoms with Crippen molar-refractivity contribution in [2.45, 2.75) is 0 Å². The molecule has 1 aromatic heterocycles. The number of anilines is 3. The van der Waals surface area contributed by atoms with Crippen LogP contribution in [-0.4, -0.2) is 36.1 Å². The van der Waals surface area contributed by atoms with Crippen LogP contribution in [0.1, 0.15) is 5.56 Å². The molecular formula is C20H19ClN6O4. The Bertz CT molecular complexity index is 1120. The number of carbonyl (C=O) groups excluding carboxylic acids is 1. The Hall–Kier alpha value is -4.05. The molecule has 2 aromatic carbocycles. The van der Waals surface area contributed by atoms with Crippen molar-refractivity contribution >= 4 is 40.7 Å². The van der Waals surface area contributed by atoms with E-state index in [1.165, 1.54) is 26.6 Å². The SMILES string of the molecule is COC(=N)c1c(N)ncnc1Oc1ccc(NC(=O)Nc2ccccc2OC)c(Cl)c1. The predicted octanol–water partition coefficient (Wildman–Crippen LogP) is 4.13. The van der Waals surface area contributed by atoms with E-state index in [9.17, 15) is 4.79 Å². The maximum atomic E-state index is 12.3. The Morgan fingerprint density at radius 1 is 1.10 bits per heavy atom. The molecule has 0 aliphatic heterocycles. The summed E-state index contributed by atoms with van der Waals surface area (Å²) in [5, 5.41) is 13.4. The molecule has 0 radical (unpaired) electrons. The number of carbonyl (C=O) groups is 1. The molecule has 3 rings (SSSR count). The van der Waals surface area contributed by atoms with E-state index in [2.05, 4.69) is 20.6 Å². The predicted molar refractivity (Wildman–Crippen MR) is 117 cm³/mol. The number of nitrogens with one attached hydrogen (secondary N) is 3. The minimum atomic E-state index is -0.500. The Morgan fingerprint density at radius 3 is 2.55 bits per heavy atom. The summed E-state index contributed by atoms with van der Waals surface area (Å²) in [4.78, 5) is 20.2. The molecule has 3 aromatic rings. The number of urea groups is 1. The lowest BCUT2D eigenvalue weighted by Crippen LogP contribution is -2.20. The zero-order valence-electron chi connectivity index (χ0n) is 16.6. The van der Waals surface area contributed by atoms with Crippen molar-refractivity contribution in [2.24, 2.45) is 0 Å². The average Bonchev–Trinajstić information content (AvgIpc) is 2.75. The number of nitrogens with zero attached hydrogens (tertiary/aromatic N) is 2. The Kier molecular flexibility index (Phi) is 6.73.